The number of nitrogens with two attached hydrogens (primary N) is 1. The van der Waals surface area contributed by atoms with Crippen LogP contribution in [-0.2, 0) is 11.0 Å². The molecule has 0 saturated carbocycles. The van der Waals surface area contributed by atoms with Crippen LogP contribution in [0.3, 0.4) is 0 Å². The molecular weight excluding hydrogens is 225 g/mol. The molecule has 16 heavy (non-hydrogen) atoms. The van der Waals surface area contributed by atoms with Gasteiger partial charge in [0.25, 0.3) is 5.56 Å². The Balaban J connectivity index is 3.18. The van der Waals surface area contributed by atoms with Crippen LogP contribution in [0.25, 0.3) is 6.08 Å². The largest absolute Gasteiger partial charge is 0.421 e. The minimum atomic E-state index is -4.73. The van der Waals surface area contributed by atoms with Gasteiger partial charge in [-0.1, -0.05) is 0 Å². The molecule has 0 bridgehead atoms. The average molecular weight is 232 g/mol. The van der Waals surface area contributed by atoms with Crippen LogP contribution in [0, 0.1) is 0 Å². The lowest BCUT2D eigenvalue weighted by molar-refractivity contribution is -0.138. The van der Waals surface area contributed by atoms with E-state index in [9.17, 15) is 22.8 Å². The second-order valence-corrected chi connectivity index (χ2v) is 2.91. The summed E-state index contributed by atoms with van der Waals surface area (Å²) in [7, 11) is 0. The van der Waals surface area contributed by atoms with Gasteiger partial charge in [-0.15, -0.1) is 0 Å². The van der Waals surface area contributed by atoms with Crippen LogP contribution < -0.4 is 11.3 Å². The molecule has 0 aliphatic heterocycles. The van der Waals surface area contributed by atoms with Crippen molar-refractivity contribution >= 4 is 12.0 Å². The number of carbonyl (C=O) groups is 1. The number of carbonyl (C=O) groups excluding carboxylic acids is 1. The Morgan fingerprint density at radius 1 is 1.44 bits per heavy atom. The standard InChI is InChI=1S/C9H7F3N2O2/c10-9(11,12)6-3-5(1-2-7(13)15)4-14-8(6)16/h1-4H,(H2,13,15)(H,14,16). The number of aromatic nitrogens is 1. The maximum atomic E-state index is 12.3. The first-order valence-electron chi connectivity index (χ1n) is 4.08. The van der Waals surface area contributed by atoms with Gasteiger partial charge in [0.1, 0.15) is 5.56 Å². The molecule has 3 N–H and O–H groups in total. The Hall–Kier alpha value is -2.05. The summed E-state index contributed by atoms with van der Waals surface area (Å²) in [6, 6.07) is 0.637. The van der Waals surface area contributed by atoms with Gasteiger partial charge in [-0.3, -0.25) is 9.59 Å². The van der Waals surface area contributed by atoms with Crippen LogP contribution >= 0.6 is 0 Å². The van der Waals surface area contributed by atoms with Gasteiger partial charge in [0.2, 0.25) is 5.91 Å². The number of primary amides is 1. The Bertz CT molecular complexity index is 488. The summed E-state index contributed by atoms with van der Waals surface area (Å²) >= 11 is 0. The molecule has 0 aliphatic carbocycles. The highest BCUT2D eigenvalue weighted by Crippen LogP contribution is 2.26. The highest BCUT2D eigenvalue weighted by atomic mass is 19.4. The number of rotatable bonds is 2. The quantitative estimate of drug-likeness (QED) is 0.743. The molecule has 1 amide bonds. The maximum absolute atomic E-state index is 12.3. The third-order valence-electron chi connectivity index (χ3n) is 1.67. The fourth-order valence-corrected chi connectivity index (χ4v) is 0.986. The maximum Gasteiger partial charge on any atom is 0.421 e. The van der Waals surface area contributed by atoms with Crippen LogP contribution in [0.4, 0.5) is 13.2 Å². The fourth-order valence-electron chi connectivity index (χ4n) is 0.986. The average Bonchev–Trinajstić information content (AvgIpc) is 2.14. The summed E-state index contributed by atoms with van der Waals surface area (Å²) in [4.78, 5) is 23.1. The third-order valence-corrected chi connectivity index (χ3v) is 1.67. The second-order valence-electron chi connectivity index (χ2n) is 2.91. The van der Waals surface area contributed by atoms with E-state index in [2.05, 4.69) is 0 Å². The molecule has 1 aromatic heterocycles. The molecule has 0 spiro atoms. The van der Waals surface area contributed by atoms with Gasteiger partial charge in [-0.05, 0) is 17.7 Å². The number of amides is 1. The van der Waals surface area contributed by atoms with Gasteiger partial charge in [0.15, 0.2) is 0 Å². The van der Waals surface area contributed by atoms with Crippen molar-refractivity contribution in [3.05, 3.63) is 39.8 Å². The van der Waals surface area contributed by atoms with E-state index in [0.29, 0.717) is 6.07 Å². The van der Waals surface area contributed by atoms with Gasteiger partial charge in [-0.25, -0.2) is 0 Å². The van der Waals surface area contributed by atoms with Gasteiger partial charge in [-0.2, -0.15) is 13.2 Å². The van der Waals surface area contributed by atoms with E-state index in [-0.39, 0.29) is 5.56 Å². The second kappa shape index (κ2) is 4.21. The van der Waals surface area contributed by atoms with Crippen molar-refractivity contribution in [2.24, 2.45) is 5.73 Å². The fraction of sp³-hybridized carbons (Fsp3) is 0.111. The molecule has 0 aromatic carbocycles. The van der Waals surface area contributed by atoms with Crippen molar-refractivity contribution in [1.82, 2.24) is 4.98 Å². The number of halogens is 3. The van der Waals surface area contributed by atoms with E-state index >= 15 is 0 Å². The highest BCUT2D eigenvalue weighted by Gasteiger charge is 2.33. The number of hydrogen-bond donors (Lipinski definition) is 2. The number of H-pyrrole nitrogens is 1. The van der Waals surface area contributed by atoms with E-state index in [1.165, 1.54) is 0 Å². The first-order valence-corrected chi connectivity index (χ1v) is 4.08. The number of hydrogen-bond acceptors (Lipinski definition) is 2. The normalized spacial score (nSPS) is 11.9. The van der Waals surface area contributed by atoms with Crippen LogP contribution in [0.15, 0.2) is 23.1 Å². The molecule has 0 fully saturated rings. The molecule has 0 atom stereocenters. The van der Waals surface area contributed by atoms with Crippen molar-refractivity contribution in [3.8, 4) is 0 Å². The van der Waals surface area contributed by atoms with Gasteiger partial charge < -0.3 is 10.7 Å². The van der Waals surface area contributed by atoms with Crippen molar-refractivity contribution in [1.29, 1.82) is 0 Å². The number of nitrogens with one attached hydrogen (secondary N) is 1. The predicted molar refractivity (Wildman–Crippen MR) is 50.3 cm³/mol. The summed E-state index contributed by atoms with van der Waals surface area (Å²) in [5.74, 6) is -0.792. The van der Waals surface area contributed by atoms with E-state index in [1.807, 2.05) is 4.98 Å². The van der Waals surface area contributed by atoms with Gasteiger partial charge >= 0.3 is 6.18 Å². The minimum absolute atomic E-state index is 0.0331. The lowest BCUT2D eigenvalue weighted by Crippen LogP contribution is -2.21. The minimum Gasteiger partial charge on any atom is -0.366 e. The first-order chi connectivity index (χ1) is 7.30. The third kappa shape index (κ3) is 2.97. The van der Waals surface area contributed by atoms with Crippen LogP contribution in [-0.4, -0.2) is 10.9 Å². The van der Waals surface area contributed by atoms with Gasteiger partial charge in [0, 0.05) is 12.3 Å². The Kier molecular flexibility index (Phi) is 3.17. The SMILES string of the molecule is NC(=O)C=Cc1c[nH]c(=O)c(C(F)(F)F)c1. The number of pyridine rings is 1. The molecule has 0 aliphatic rings. The molecule has 1 rings (SSSR count). The lowest BCUT2D eigenvalue weighted by Gasteiger charge is -2.05. The van der Waals surface area contributed by atoms with Crippen LogP contribution in [0.2, 0.25) is 0 Å². The summed E-state index contributed by atoms with van der Waals surface area (Å²) in [5, 5.41) is 0. The summed E-state index contributed by atoms with van der Waals surface area (Å²) in [5.41, 5.74) is 2.25. The zero-order valence-corrected chi connectivity index (χ0v) is 7.84. The van der Waals surface area contributed by atoms with E-state index in [1.54, 1.807) is 0 Å². The molecule has 0 unspecified atom stereocenters. The van der Waals surface area contributed by atoms with Crippen molar-refractivity contribution in [2.45, 2.75) is 6.18 Å². The van der Waals surface area contributed by atoms with Crippen molar-refractivity contribution in [2.75, 3.05) is 0 Å². The zero-order valence-electron chi connectivity index (χ0n) is 7.84. The number of aromatic amines is 1. The first kappa shape index (κ1) is 12.0. The Morgan fingerprint density at radius 3 is 2.56 bits per heavy atom. The lowest BCUT2D eigenvalue weighted by atomic mass is 10.2. The summed E-state index contributed by atoms with van der Waals surface area (Å²) in [6.07, 6.45) is -1.71. The van der Waals surface area contributed by atoms with E-state index in [4.69, 9.17) is 5.73 Å². The van der Waals surface area contributed by atoms with Crippen LogP contribution in [0.5, 0.6) is 0 Å². The molecule has 1 aromatic rings. The molecular formula is C9H7F3N2O2. The Labute approximate surface area is 87.6 Å². The van der Waals surface area contributed by atoms with E-state index < -0.39 is 23.2 Å². The topological polar surface area (TPSA) is 76.0 Å². The van der Waals surface area contributed by atoms with Gasteiger partial charge in [0.05, 0.1) is 0 Å². The smallest absolute Gasteiger partial charge is 0.366 e. The molecule has 0 saturated heterocycles. The Morgan fingerprint density at radius 2 is 2.06 bits per heavy atom. The number of alkyl halides is 3. The van der Waals surface area contributed by atoms with Crippen molar-refractivity contribution < 1.29 is 18.0 Å². The van der Waals surface area contributed by atoms with E-state index in [0.717, 1.165) is 18.3 Å². The molecule has 0 radical (unpaired) electrons. The summed E-state index contributed by atoms with van der Waals surface area (Å²) < 4.78 is 36.9. The molecule has 86 valence electrons. The van der Waals surface area contributed by atoms with Crippen molar-refractivity contribution in [3.63, 3.8) is 0 Å². The monoisotopic (exact) mass is 232 g/mol. The molecule has 1 heterocycles. The van der Waals surface area contributed by atoms with Crippen LogP contribution in [0.1, 0.15) is 11.1 Å². The highest BCUT2D eigenvalue weighted by molar-refractivity contribution is 5.90. The predicted octanol–water partition coefficient (Wildman–Crippen LogP) is 0.892. The summed E-state index contributed by atoms with van der Waals surface area (Å²) in [6.45, 7) is 0. The molecule has 4 nitrogen and oxygen atoms in total. The zero-order chi connectivity index (χ0) is 12.3. The molecule has 7 heteroatoms.